The fraction of sp³-hybridized carbons (Fsp3) is 0.278. The van der Waals surface area contributed by atoms with E-state index in [1.54, 1.807) is 25.1 Å². The first-order valence-corrected chi connectivity index (χ1v) is 9.58. The van der Waals surface area contributed by atoms with Crippen LogP contribution in [0.3, 0.4) is 0 Å². The van der Waals surface area contributed by atoms with Crippen molar-refractivity contribution >= 4 is 38.8 Å². The number of carbonyl (C=O) groups excluding carboxylic acids is 1. The van der Waals surface area contributed by atoms with Crippen molar-refractivity contribution in [1.29, 1.82) is 0 Å². The van der Waals surface area contributed by atoms with Crippen LogP contribution in [-0.4, -0.2) is 20.8 Å². The van der Waals surface area contributed by atoms with Gasteiger partial charge in [0, 0.05) is 17.3 Å². The predicted octanol–water partition coefficient (Wildman–Crippen LogP) is 4.81. The van der Waals surface area contributed by atoms with Gasteiger partial charge in [-0.25, -0.2) is 9.37 Å². The molecule has 1 amide bonds. The van der Waals surface area contributed by atoms with Crippen LogP contribution in [0.5, 0.6) is 0 Å². The molecule has 0 saturated carbocycles. The monoisotopic (exact) mass is 457 g/mol. The van der Waals surface area contributed by atoms with E-state index in [0.717, 1.165) is 6.92 Å². The van der Waals surface area contributed by atoms with Gasteiger partial charge in [0.25, 0.3) is 5.92 Å². The van der Waals surface area contributed by atoms with Crippen LogP contribution < -0.4 is 5.32 Å². The zero-order valence-corrected chi connectivity index (χ0v) is 16.7. The van der Waals surface area contributed by atoms with E-state index in [4.69, 9.17) is 0 Å². The van der Waals surface area contributed by atoms with Crippen molar-refractivity contribution in [2.24, 2.45) is 4.99 Å². The van der Waals surface area contributed by atoms with E-state index < -0.39 is 28.4 Å². The number of pyridine rings is 1. The normalized spacial score (nSPS) is 22.7. The van der Waals surface area contributed by atoms with Crippen molar-refractivity contribution in [2.45, 2.75) is 30.6 Å². The molecule has 0 aliphatic carbocycles. The molecule has 2 heterocycles. The van der Waals surface area contributed by atoms with Gasteiger partial charge in [-0.05, 0) is 48.0 Å². The van der Waals surface area contributed by atoms with Crippen LogP contribution in [0.1, 0.15) is 31.0 Å². The fourth-order valence-corrected chi connectivity index (χ4v) is 4.18. The number of rotatable bonds is 4. The number of aromatic nitrogens is 1. The Hall–Kier alpha value is -1.87. The molecule has 1 aliphatic rings. The van der Waals surface area contributed by atoms with Crippen molar-refractivity contribution in [2.75, 3.05) is 0 Å². The Bertz CT molecular complexity index is 924. The maximum Gasteiger partial charge on any atom is 0.296 e. The van der Waals surface area contributed by atoms with Crippen molar-refractivity contribution in [1.82, 2.24) is 10.3 Å². The molecule has 1 saturated heterocycles. The Morgan fingerprint density at radius 1 is 1.33 bits per heavy atom. The van der Waals surface area contributed by atoms with Gasteiger partial charge in [-0.3, -0.25) is 9.79 Å². The standard InChI is InChI=1S/C18H15BrF3N3OS/c1-10(12-5-3-4-6-13(12)20)24-16-25-15(26)17(2,27-16)18(21,22)11-7-8-23-14(19)9-11/h3-10H,1-2H3,(H,24,25,26)/t10-,17+/m0/s1. The molecule has 2 atom stereocenters. The lowest BCUT2D eigenvalue weighted by Crippen LogP contribution is -2.47. The highest BCUT2D eigenvalue weighted by atomic mass is 79.9. The van der Waals surface area contributed by atoms with E-state index in [-0.39, 0.29) is 15.3 Å². The number of alkyl halides is 2. The van der Waals surface area contributed by atoms with E-state index >= 15 is 8.78 Å². The Morgan fingerprint density at radius 2 is 2.04 bits per heavy atom. The van der Waals surface area contributed by atoms with Gasteiger partial charge in [0.05, 0.1) is 6.04 Å². The second-order valence-electron chi connectivity index (χ2n) is 6.16. The molecule has 1 N–H and O–H groups in total. The summed E-state index contributed by atoms with van der Waals surface area (Å²) in [6.07, 6.45) is 1.24. The summed E-state index contributed by atoms with van der Waals surface area (Å²) in [5.74, 6) is -4.78. The zero-order valence-electron chi connectivity index (χ0n) is 14.3. The van der Waals surface area contributed by atoms with E-state index in [2.05, 4.69) is 31.2 Å². The maximum atomic E-state index is 15.1. The minimum absolute atomic E-state index is 0.0334. The second-order valence-corrected chi connectivity index (χ2v) is 8.38. The van der Waals surface area contributed by atoms with Gasteiger partial charge in [0.1, 0.15) is 10.4 Å². The first kappa shape index (κ1) is 19.9. The first-order chi connectivity index (χ1) is 12.6. The summed E-state index contributed by atoms with van der Waals surface area (Å²) in [5.41, 5.74) is -0.0174. The molecule has 1 fully saturated rings. The van der Waals surface area contributed by atoms with Crippen molar-refractivity contribution in [3.05, 3.63) is 64.1 Å². The van der Waals surface area contributed by atoms with Crippen LogP contribution in [0.15, 0.2) is 52.2 Å². The smallest absolute Gasteiger partial charge is 0.296 e. The highest BCUT2D eigenvalue weighted by molar-refractivity contribution is 9.10. The van der Waals surface area contributed by atoms with Crippen LogP contribution in [-0.2, 0) is 10.7 Å². The van der Waals surface area contributed by atoms with Crippen LogP contribution >= 0.6 is 27.7 Å². The number of carbonyl (C=O) groups is 1. The summed E-state index contributed by atoms with van der Waals surface area (Å²) in [6.45, 7) is 2.80. The number of amidine groups is 1. The predicted molar refractivity (Wildman–Crippen MR) is 102 cm³/mol. The van der Waals surface area contributed by atoms with Gasteiger partial charge in [-0.15, -0.1) is 0 Å². The molecule has 0 bridgehead atoms. The van der Waals surface area contributed by atoms with Gasteiger partial charge >= 0.3 is 0 Å². The third kappa shape index (κ3) is 3.62. The number of hydrogen-bond acceptors (Lipinski definition) is 4. The average molecular weight is 458 g/mol. The van der Waals surface area contributed by atoms with E-state index in [1.165, 1.54) is 24.4 Å². The molecular formula is C18H15BrF3N3OS. The minimum Gasteiger partial charge on any atom is -0.304 e. The number of nitrogens with one attached hydrogen (secondary N) is 1. The fourth-order valence-electron chi connectivity index (χ4n) is 2.68. The molecule has 0 spiro atoms. The highest BCUT2D eigenvalue weighted by Crippen LogP contribution is 2.50. The van der Waals surface area contributed by atoms with E-state index in [0.29, 0.717) is 17.3 Å². The van der Waals surface area contributed by atoms with Gasteiger partial charge in [-0.2, -0.15) is 8.78 Å². The van der Waals surface area contributed by atoms with E-state index in [9.17, 15) is 9.18 Å². The molecule has 4 nitrogen and oxygen atoms in total. The quantitative estimate of drug-likeness (QED) is 0.669. The summed E-state index contributed by atoms with van der Waals surface area (Å²) >= 11 is 3.70. The molecule has 9 heteroatoms. The molecule has 2 aromatic rings. The maximum absolute atomic E-state index is 15.1. The van der Waals surface area contributed by atoms with Gasteiger partial charge < -0.3 is 5.32 Å². The number of hydrogen-bond donors (Lipinski definition) is 1. The SMILES string of the molecule is C[C@H](N=C1NC(=O)[C@](C)(C(F)(F)c2ccnc(Br)c2)S1)c1ccccc1F. The van der Waals surface area contributed by atoms with Crippen LogP contribution in [0.25, 0.3) is 0 Å². The molecule has 1 aliphatic heterocycles. The Balaban J connectivity index is 1.91. The number of halogens is 4. The highest BCUT2D eigenvalue weighted by Gasteiger charge is 2.61. The molecule has 0 unspecified atom stereocenters. The minimum atomic E-state index is -3.48. The number of benzene rings is 1. The molecule has 142 valence electrons. The lowest BCUT2D eigenvalue weighted by molar-refractivity contribution is -0.132. The van der Waals surface area contributed by atoms with Gasteiger partial charge in [0.2, 0.25) is 5.91 Å². The summed E-state index contributed by atoms with van der Waals surface area (Å²) < 4.78 is 42.3. The molecule has 27 heavy (non-hydrogen) atoms. The summed E-state index contributed by atoms with van der Waals surface area (Å²) in [5, 5.41) is 2.43. The lowest BCUT2D eigenvalue weighted by atomic mass is 9.95. The summed E-state index contributed by atoms with van der Waals surface area (Å²) in [7, 11) is 0. The summed E-state index contributed by atoms with van der Waals surface area (Å²) in [6, 6.07) is 7.78. The number of amides is 1. The molecular weight excluding hydrogens is 443 g/mol. The molecule has 1 aromatic carbocycles. The average Bonchev–Trinajstić information content (AvgIpc) is 2.90. The Kier molecular flexibility index (Phi) is 5.36. The van der Waals surface area contributed by atoms with Crippen molar-refractivity contribution < 1.29 is 18.0 Å². The second kappa shape index (κ2) is 7.27. The lowest BCUT2D eigenvalue weighted by Gasteiger charge is -2.30. The number of aliphatic imine (C=N–C) groups is 1. The Morgan fingerprint density at radius 3 is 2.70 bits per heavy atom. The van der Waals surface area contributed by atoms with Gasteiger partial charge in [-0.1, -0.05) is 30.0 Å². The van der Waals surface area contributed by atoms with Crippen LogP contribution in [0, 0.1) is 5.82 Å². The van der Waals surface area contributed by atoms with Crippen LogP contribution in [0.4, 0.5) is 13.2 Å². The number of nitrogens with zero attached hydrogens (tertiary/aromatic N) is 2. The van der Waals surface area contributed by atoms with E-state index in [1.807, 2.05) is 0 Å². The third-order valence-corrected chi connectivity index (χ3v) is 5.99. The Labute approximate surface area is 166 Å². The third-order valence-electron chi connectivity index (χ3n) is 4.31. The largest absolute Gasteiger partial charge is 0.304 e. The van der Waals surface area contributed by atoms with Crippen LogP contribution in [0.2, 0.25) is 0 Å². The molecule has 3 rings (SSSR count). The molecule has 1 aromatic heterocycles. The first-order valence-electron chi connectivity index (χ1n) is 7.97. The number of thioether (sulfide) groups is 1. The van der Waals surface area contributed by atoms with Gasteiger partial charge in [0.15, 0.2) is 9.91 Å². The molecule has 0 radical (unpaired) electrons. The topological polar surface area (TPSA) is 54.4 Å². The zero-order chi connectivity index (χ0) is 19.8. The summed E-state index contributed by atoms with van der Waals surface area (Å²) in [4.78, 5) is 20.5. The van der Waals surface area contributed by atoms with Crippen molar-refractivity contribution in [3.63, 3.8) is 0 Å². The van der Waals surface area contributed by atoms with Crippen molar-refractivity contribution in [3.8, 4) is 0 Å².